The molecule has 0 aliphatic carbocycles. The van der Waals surface area contributed by atoms with Crippen LogP contribution >= 0.6 is 15.9 Å². The molecule has 0 spiro atoms. The Morgan fingerprint density at radius 2 is 1.94 bits per heavy atom. The summed E-state index contributed by atoms with van der Waals surface area (Å²) in [4.78, 5) is 11.4. The van der Waals surface area contributed by atoms with Crippen LogP contribution in [0.5, 0.6) is 0 Å². The molecular formula is C13H18BrNO2. The molecule has 17 heavy (non-hydrogen) atoms. The summed E-state index contributed by atoms with van der Waals surface area (Å²) in [5, 5.41) is 3.69. The lowest BCUT2D eigenvalue weighted by Gasteiger charge is -2.06. The topological polar surface area (TPSA) is 38.3 Å². The maximum atomic E-state index is 11.4. The third kappa shape index (κ3) is 6.31. The second-order valence-electron chi connectivity index (χ2n) is 3.88. The van der Waals surface area contributed by atoms with Crippen molar-refractivity contribution in [1.82, 2.24) is 0 Å². The molecule has 0 atom stereocenters. The molecule has 4 heteroatoms. The normalized spacial score (nSPS) is 10.0. The molecule has 1 aromatic carbocycles. The van der Waals surface area contributed by atoms with Crippen LogP contribution in [0.2, 0.25) is 0 Å². The summed E-state index contributed by atoms with van der Waals surface area (Å²) in [6.07, 6.45) is 2.71. The molecule has 0 aliphatic rings. The highest BCUT2D eigenvalue weighted by Gasteiger charge is 2.02. The van der Waals surface area contributed by atoms with Gasteiger partial charge in [-0.05, 0) is 38.3 Å². The van der Waals surface area contributed by atoms with Crippen molar-refractivity contribution in [1.29, 1.82) is 0 Å². The number of unbranched alkanes of at least 4 members (excludes halogenated alkanes) is 2. The first kappa shape index (κ1) is 14.0. The van der Waals surface area contributed by atoms with Crippen molar-refractivity contribution in [2.24, 2.45) is 0 Å². The van der Waals surface area contributed by atoms with E-state index in [-0.39, 0.29) is 6.09 Å². The molecule has 0 aromatic heterocycles. The zero-order chi connectivity index (χ0) is 12.5. The third-order valence-electron chi connectivity index (χ3n) is 2.31. The zero-order valence-corrected chi connectivity index (χ0v) is 11.6. The van der Waals surface area contributed by atoms with E-state index in [1.165, 1.54) is 5.56 Å². The maximum absolute atomic E-state index is 11.4. The van der Waals surface area contributed by atoms with Crippen molar-refractivity contribution in [2.45, 2.75) is 26.2 Å². The molecule has 94 valence electrons. The number of ether oxygens (including phenoxy) is 1. The molecule has 0 saturated carbocycles. The quantitative estimate of drug-likeness (QED) is 0.634. The first-order valence-electron chi connectivity index (χ1n) is 5.79. The number of carbonyl (C=O) groups is 1. The van der Waals surface area contributed by atoms with E-state index in [0.717, 1.165) is 30.3 Å². The minimum absolute atomic E-state index is 0.382. The number of nitrogens with one attached hydrogen (secondary N) is 1. The molecule has 3 nitrogen and oxygen atoms in total. The number of halogens is 1. The van der Waals surface area contributed by atoms with Gasteiger partial charge in [-0.1, -0.05) is 33.6 Å². The highest BCUT2D eigenvalue weighted by molar-refractivity contribution is 9.09. The Morgan fingerprint density at radius 1 is 1.24 bits per heavy atom. The second-order valence-corrected chi connectivity index (χ2v) is 4.67. The monoisotopic (exact) mass is 299 g/mol. The second kappa shape index (κ2) is 8.12. The van der Waals surface area contributed by atoms with Crippen LogP contribution in [0, 0.1) is 6.92 Å². The van der Waals surface area contributed by atoms with Gasteiger partial charge >= 0.3 is 6.09 Å². The van der Waals surface area contributed by atoms with Crippen LogP contribution < -0.4 is 5.32 Å². The van der Waals surface area contributed by atoms with Crippen LogP contribution in [-0.2, 0) is 4.74 Å². The molecule has 0 saturated heterocycles. The molecule has 1 amide bonds. The Balaban J connectivity index is 2.18. The average molecular weight is 300 g/mol. The van der Waals surface area contributed by atoms with Gasteiger partial charge in [-0.3, -0.25) is 5.32 Å². The smallest absolute Gasteiger partial charge is 0.411 e. The van der Waals surface area contributed by atoms with Crippen molar-refractivity contribution in [2.75, 3.05) is 17.3 Å². The fraction of sp³-hybridized carbons (Fsp3) is 0.462. The molecule has 1 rings (SSSR count). The van der Waals surface area contributed by atoms with Gasteiger partial charge in [0, 0.05) is 11.0 Å². The van der Waals surface area contributed by atoms with E-state index in [1.54, 1.807) is 0 Å². The van der Waals surface area contributed by atoms with Crippen LogP contribution in [0.25, 0.3) is 0 Å². The van der Waals surface area contributed by atoms with Gasteiger partial charge in [-0.15, -0.1) is 0 Å². The number of rotatable bonds is 6. The lowest BCUT2D eigenvalue weighted by molar-refractivity contribution is 0.159. The van der Waals surface area contributed by atoms with Gasteiger partial charge in [0.25, 0.3) is 0 Å². The van der Waals surface area contributed by atoms with E-state index in [1.807, 2.05) is 31.2 Å². The number of anilines is 1. The summed E-state index contributed by atoms with van der Waals surface area (Å²) in [7, 11) is 0. The summed E-state index contributed by atoms with van der Waals surface area (Å²) in [6.45, 7) is 2.48. The van der Waals surface area contributed by atoms with E-state index < -0.39 is 0 Å². The highest BCUT2D eigenvalue weighted by Crippen LogP contribution is 2.09. The molecule has 0 bridgehead atoms. The summed E-state index contributed by atoms with van der Waals surface area (Å²) >= 11 is 3.36. The first-order valence-corrected chi connectivity index (χ1v) is 6.91. The SMILES string of the molecule is Cc1ccc(NC(=O)OCCCCCBr)cc1. The van der Waals surface area contributed by atoms with Gasteiger partial charge in [-0.2, -0.15) is 0 Å². The molecular weight excluding hydrogens is 282 g/mol. The van der Waals surface area contributed by atoms with Gasteiger partial charge in [0.1, 0.15) is 0 Å². The molecule has 1 N–H and O–H groups in total. The van der Waals surface area contributed by atoms with Gasteiger partial charge in [-0.25, -0.2) is 4.79 Å². The number of hydrogen-bond donors (Lipinski definition) is 1. The number of hydrogen-bond acceptors (Lipinski definition) is 2. The fourth-order valence-electron chi connectivity index (χ4n) is 1.33. The number of aryl methyl sites for hydroxylation is 1. The van der Waals surface area contributed by atoms with Crippen molar-refractivity contribution < 1.29 is 9.53 Å². The van der Waals surface area contributed by atoms with Crippen LogP contribution in [0.4, 0.5) is 10.5 Å². The van der Waals surface area contributed by atoms with Crippen molar-refractivity contribution in [3.8, 4) is 0 Å². The third-order valence-corrected chi connectivity index (χ3v) is 2.87. The average Bonchev–Trinajstić information content (AvgIpc) is 2.32. The van der Waals surface area contributed by atoms with E-state index in [9.17, 15) is 4.79 Å². The van der Waals surface area contributed by atoms with E-state index in [2.05, 4.69) is 21.2 Å². The lowest BCUT2D eigenvalue weighted by Crippen LogP contribution is -2.14. The molecule has 0 aliphatic heterocycles. The number of alkyl halides is 1. The summed E-state index contributed by atoms with van der Waals surface area (Å²) < 4.78 is 5.06. The zero-order valence-electron chi connectivity index (χ0n) is 10.0. The lowest BCUT2D eigenvalue weighted by atomic mass is 10.2. The summed E-state index contributed by atoms with van der Waals surface area (Å²) in [5.41, 5.74) is 1.93. The number of amides is 1. The Morgan fingerprint density at radius 3 is 2.59 bits per heavy atom. The Bertz CT molecular complexity index is 338. The predicted molar refractivity (Wildman–Crippen MR) is 73.8 cm³/mol. The van der Waals surface area contributed by atoms with Crippen LogP contribution in [0.15, 0.2) is 24.3 Å². The number of benzene rings is 1. The first-order chi connectivity index (χ1) is 8.22. The predicted octanol–water partition coefficient (Wildman–Crippen LogP) is 4.11. The van der Waals surface area contributed by atoms with Gasteiger partial charge in [0.2, 0.25) is 0 Å². The summed E-state index contributed by atoms with van der Waals surface area (Å²) in [5.74, 6) is 0. The van der Waals surface area contributed by atoms with Gasteiger partial charge < -0.3 is 4.74 Å². The molecule has 0 radical (unpaired) electrons. The standard InChI is InChI=1S/C13H18BrNO2/c1-11-5-7-12(8-6-11)15-13(16)17-10-4-2-3-9-14/h5-8H,2-4,9-10H2,1H3,(H,15,16). The van der Waals surface area contributed by atoms with Crippen molar-refractivity contribution in [3.05, 3.63) is 29.8 Å². The largest absolute Gasteiger partial charge is 0.449 e. The molecule has 0 unspecified atom stereocenters. The minimum atomic E-state index is -0.382. The van der Waals surface area contributed by atoms with Gasteiger partial charge in [0.05, 0.1) is 6.61 Å². The van der Waals surface area contributed by atoms with E-state index >= 15 is 0 Å². The van der Waals surface area contributed by atoms with Crippen LogP contribution in [-0.4, -0.2) is 18.0 Å². The van der Waals surface area contributed by atoms with Crippen molar-refractivity contribution in [3.63, 3.8) is 0 Å². The van der Waals surface area contributed by atoms with Crippen LogP contribution in [0.3, 0.4) is 0 Å². The fourth-order valence-corrected chi connectivity index (χ4v) is 1.73. The molecule has 0 heterocycles. The van der Waals surface area contributed by atoms with E-state index in [4.69, 9.17) is 4.74 Å². The highest BCUT2D eigenvalue weighted by atomic mass is 79.9. The van der Waals surface area contributed by atoms with Gasteiger partial charge in [0.15, 0.2) is 0 Å². The summed E-state index contributed by atoms with van der Waals surface area (Å²) in [6, 6.07) is 7.63. The maximum Gasteiger partial charge on any atom is 0.411 e. The Hall–Kier alpha value is -1.03. The van der Waals surface area contributed by atoms with Crippen molar-refractivity contribution >= 4 is 27.7 Å². The molecule has 1 aromatic rings. The Kier molecular flexibility index (Phi) is 6.70. The minimum Gasteiger partial charge on any atom is -0.449 e. The van der Waals surface area contributed by atoms with E-state index in [0.29, 0.717) is 6.61 Å². The van der Waals surface area contributed by atoms with Crippen LogP contribution in [0.1, 0.15) is 24.8 Å². The number of carbonyl (C=O) groups excluding carboxylic acids is 1. The molecule has 0 fully saturated rings. The Labute approximate surface area is 111 Å².